The van der Waals surface area contributed by atoms with Gasteiger partial charge in [-0.1, -0.05) is 70.0 Å². The van der Waals surface area contributed by atoms with Gasteiger partial charge in [-0.2, -0.15) is 0 Å². The van der Waals surface area contributed by atoms with Crippen LogP contribution >= 0.6 is 11.6 Å². The lowest BCUT2D eigenvalue weighted by atomic mass is 9.87. The predicted molar refractivity (Wildman–Crippen MR) is 151 cm³/mol. The highest BCUT2D eigenvalue weighted by molar-refractivity contribution is 6.53. The van der Waals surface area contributed by atoms with Crippen LogP contribution in [0.5, 0.6) is 5.75 Å². The van der Waals surface area contributed by atoms with Crippen molar-refractivity contribution in [3.8, 4) is 5.75 Å². The van der Waals surface area contributed by atoms with E-state index in [2.05, 4.69) is 33.0 Å². The van der Waals surface area contributed by atoms with Crippen LogP contribution in [0.4, 0.5) is 11.4 Å². The summed E-state index contributed by atoms with van der Waals surface area (Å²) in [5, 5.41) is 2.74. The third kappa shape index (κ3) is 5.97. The van der Waals surface area contributed by atoms with Crippen molar-refractivity contribution in [2.45, 2.75) is 52.4 Å². The molecular formula is C31H31ClN2O4. The van der Waals surface area contributed by atoms with E-state index in [4.69, 9.17) is 16.3 Å². The smallest absolute Gasteiger partial charge is 0.343 e. The Morgan fingerprint density at radius 2 is 1.53 bits per heavy atom. The molecule has 2 amide bonds. The monoisotopic (exact) mass is 530 g/mol. The summed E-state index contributed by atoms with van der Waals surface area (Å²) in [6.45, 7) is 8.48. The van der Waals surface area contributed by atoms with Gasteiger partial charge in [0.25, 0.3) is 11.8 Å². The second kappa shape index (κ2) is 11.2. The van der Waals surface area contributed by atoms with Crippen LogP contribution in [-0.2, 0) is 21.4 Å². The van der Waals surface area contributed by atoms with Crippen molar-refractivity contribution in [2.75, 3.05) is 10.2 Å². The minimum Gasteiger partial charge on any atom is -0.423 e. The molecule has 1 aliphatic heterocycles. The topological polar surface area (TPSA) is 75.7 Å². The molecule has 3 aromatic carbocycles. The number of carbonyl (C=O) groups is 3. The van der Waals surface area contributed by atoms with E-state index in [1.807, 2.05) is 24.3 Å². The molecule has 0 aliphatic carbocycles. The van der Waals surface area contributed by atoms with Crippen LogP contribution < -0.4 is 15.0 Å². The van der Waals surface area contributed by atoms with E-state index >= 15 is 0 Å². The van der Waals surface area contributed by atoms with Gasteiger partial charge in [-0.3, -0.25) is 9.59 Å². The molecule has 0 bridgehead atoms. The van der Waals surface area contributed by atoms with Gasteiger partial charge in [0.2, 0.25) is 0 Å². The highest BCUT2D eigenvalue weighted by Crippen LogP contribution is 2.31. The van der Waals surface area contributed by atoms with Crippen molar-refractivity contribution < 1.29 is 19.1 Å². The zero-order valence-electron chi connectivity index (χ0n) is 22.0. The Hall–Kier alpha value is -3.90. The third-order valence-electron chi connectivity index (χ3n) is 6.36. The van der Waals surface area contributed by atoms with Crippen molar-refractivity contribution in [1.29, 1.82) is 0 Å². The average Bonchev–Trinajstić information content (AvgIpc) is 3.11. The molecule has 0 radical (unpaired) electrons. The van der Waals surface area contributed by atoms with E-state index in [1.54, 1.807) is 48.5 Å². The molecule has 0 aromatic heterocycles. The minimum absolute atomic E-state index is 0.00489. The first-order chi connectivity index (χ1) is 18.1. The number of hydrogen-bond donors (Lipinski definition) is 1. The predicted octanol–water partition coefficient (Wildman–Crippen LogP) is 6.98. The zero-order valence-corrected chi connectivity index (χ0v) is 22.8. The molecule has 0 saturated heterocycles. The van der Waals surface area contributed by atoms with Crippen LogP contribution in [0, 0.1) is 0 Å². The molecule has 0 unspecified atom stereocenters. The molecule has 0 atom stereocenters. The van der Waals surface area contributed by atoms with Gasteiger partial charge in [-0.25, -0.2) is 9.69 Å². The number of halogens is 1. The van der Waals surface area contributed by atoms with E-state index in [0.717, 1.165) is 35.3 Å². The molecule has 0 saturated carbocycles. The second-order valence-electron chi connectivity index (χ2n) is 10.3. The molecule has 7 heteroatoms. The Balaban J connectivity index is 1.41. The van der Waals surface area contributed by atoms with E-state index in [9.17, 15) is 14.4 Å². The molecule has 1 heterocycles. The van der Waals surface area contributed by atoms with E-state index in [1.165, 1.54) is 0 Å². The SMILES string of the molecule is CCCCc1ccc(N2C(=O)C(Cl)=C(Nc3ccc(C(=O)Oc4ccc(C(C)(C)C)cc4)cc3)C2=O)cc1. The fraction of sp³-hybridized carbons (Fsp3) is 0.258. The summed E-state index contributed by atoms with van der Waals surface area (Å²) in [5.74, 6) is -1.17. The maximum Gasteiger partial charge on any atom is 0.343 e. The molecule has 1 N–H and O–H groups in total. The molecule has 38 heavy (non-hydrogen) atoms. The standard InChI is InChI=1S/C31H31ClN2O4/c1-5-6-7-20-8-16-24(17-9-20)34-28(35)26(32)27(29(34)36)33-23-14-10-21(11-15-23)30(37)38-25-18-12-22(13-19-25)31(2,3)4/h8-19,33H,5-7H2,1-4H3. The molecule has 0 fully saturated rings. The number of carbonyl (C=O) groups excluding carboxylic acids is 3. The maximum atomic E-state index is 13.1. The first-order valence-electron chi connectivity index (χ1n) is 12.7. The van der Waals surface area contributed by atoms with E-state index in [0.29, 0.717) is 22.7 Å². The first kappa shape index (κ1) is 27.1. The summed E-state index contributed by atoms with van der Waals surface area (Å²) in [4.78, 5) is 39.5. The number of anilines is 2. The van der Waals surface area contributed by atoms with Gasteiger partial charge in [-0.05, 0) is 77.9 Å². The Morgan fingerprint density at radius 1 is 0.895 bits per heavy atom. The lowest BCUT2D eigenvalue weighted by Gasteiger charge is -2.19. The van der Waals surface area contributed by atoms with Crippen molar-refractivity contribution in [3.63, 3.8) is 0 Å². The summed E-state index contributed by atoms with van der Waals surface area (Å²) < 4.78 is 5.49. The van der Waals surface area contributed by atoms with Crippen molar-refractivity contribution in [1.82, 2.24) is 0 Å². The highest BCUT2D eigenvalue weighted by Gasteiger charge is 2.39. The third-order valence-corrected chi connectivity index (χ3v) is 6.71. The first-order valence-corrected chi connectivity index (χ1v) is 13.0. The highest BCUT2D eigenvalue weighted by atomic mass is 35.5. The molecular weight excluding hydrogens is 500 g/mol. The van der Waals surface area contributed by atoms with Crippen molar-refractivity contribution in [3.05, 3.63) is 100 Å². The molecule has 196 valence electrons. The van der Waals surface area contributed by atoms with Crippen LogP contribution in [-0.4, -0.2) is 17.8 Å². The van der Waals surface area contributed by atoms with Crippen LogP contribution in [0.1, 0.15) is 62.0 Å². The van der Waals surface area contributed by atoms with Gasteiger partial charge < -0.3 is 10.1 Å². The van der Waals surface area contributed by atoms with Gasteiger partial charge in [0, 0.05) is 5.69 Å². The maximum absolute atomic E-state index is 13.1. The largest absolute Gasteiger partial charge is 0.423 e. The quantitative estimate of drug-likeness (QED) is 0.193. The number of imide groups is 1. The Kier molecular flexibility index (Phi) is 8.02. The number of unbranched alkanes of at least 4 members (excludes halogenated alkanes) is 1. The number of esters is 1. The number of aryl methyl sites for hydroxylation is 1. The lowest BCUT2D eigenvalue weighted by Crippen LogP contribution is -2.32. The Labute approximate surface area is 228 Å². The number of nitrogens with zero attached hydrogens (tertiary/aromatic N) is 1. The fourth-order valence-electron chi connectivity index (χ4n) is 4.06. The number of rotatable bonds is 8. The number of nitrogens with one attached hydrogen (secondary N) is 1. The second-order valence-corrected chi connectivity index (χ2v) is 10.6. The molecule has 3 aromatic rings. The van der Waals surface area contributed by atoms with Crippen LogP contribution in [0.25, 0.3) is 0 Å². The number of amides is 2. The van der Waals surface area contributed by atoms with Gasteiger partial charge in [0.05, 0.1) is 11.3 Å². The summed E-state index contributed by atoms with van der Waals surface area (Å²) in [7, 11) is 0. The van der Waals surface area contributed by atoms with Gasteiger partial charge in [0.1, 0.15) is 16.5 Å². The fourth-order valence-corrected chi connectivity index (χ4v) is 4.27. The van der Waals surface area contributed by atoms with E-state index in [-0.39, 0.29) is 16.1 Å². The number of benzene rings is 3. The summed E-state index contributed by atoms with van der Waals surface area (Å²) in [6.07, 6.45) is 3.11. The Morgan fingerprint density at radius 3 is 2.11 bits per heavy atom. The number of ether oxygens (including phenoxy) is 1. The zero-order chi connectivity index (χ0) is 27.4. The average molecular weight is 531 g/mol. The van der Waals surface area contributed by atoms with Crippen LogP contribution in [0.2, 0.25) is 0 Å². The molecule has 6 nitrogen and oxygen atoms in total. The lowest BCUT2D eigenvalue weighted by molar-refractivity contribution is -0.120. The summed E-state index contributed by atoms with van der Waals surface area (Å²) >= 11 is 6.26. The van der Waals surface area contributed by atoms with Crippen molar-refractivity contribution in [2.24, 2.45) is 0 Å². The van der Waals surface area contributed by atoms with Crippen LogP contribution in [0.3, 0.4) is 0 Å². The Bertz CT molecular complexity index is 1370. The summed E-state index contributed by atoms with van der Waals surface area (Å²) in [6, 6.07) is 21.2. The van der Waals surface area contributed by atoms with E-state index < -0.39 is 17.8 Å². The summed E-state index contributed by atoms with van der Waals surface area (Å²) in [5.41, 5.74) is 3.59. The minimum atomic E-state index is -0.585. The molecule has 4 rings (SSSR count). The normalized spacial score (nSPS) is 13.8. The molecule has 0 spiro atoms. The number of hydrogen-bond acceptors (Lipinski definition) is 5. The van der Waals surface area contributed by atoms with Gasteiger partial charge in [0.15, 0.2) is 0 Å². The molecule has 1 aliphatic rings. The van der Waals surface area contributed by atoms with Crippen LogP contribution in [0.15, 0.2) is 83.5 Å². The van der Waals surface area contributed by atoms with Gasteiger partial charge in [-0.15, -0.1) is 0 Å². The van der Waals surface area contributed by atoms with Gasteiger partial charge >= 0.3 is 5.97 Å². The van der Waals surface area contributed by atoms with Crippen molar-refractivity contribution >= 4 is 40.8 Å².